The second kappa shape index (κ2) is 42.7. The Balaban J connectivity index is 4.57. The molecule has 0 aliphatic carbocycles. The van der Waals surface area contributed by atoms with E-state index in [0.29, 0.717) is 19.3 Å². The van der Waals surface area contributed by atoms with Crippen LogP contribution in [0.4, 0.5) is 0 Å². The maximum Gasteiger partial charge on any atom is 0.306 e. The molecule has 0 saturated carbocycles. The zero-order valence-corrected chi connectivity index (χ0v) is 36.4. The average molecular weight is 764 g/mol. The summed E-state index contributed by atoms with van der Waals surface area (Å²) in [5.41, 5.74) is 0. The summed E-state index contributed by atoms with van der Waals surface area (Å²) in [7, 11) is 0. The molecule has 0 spiro atoms. The van der Waals surface area contributed by atoms with E-state index in [-0.39, 0.29) is 24.9 Å². The Morgan fingerprint density at radius 3 is 1.31 bits per heavy atom. The molecule has 0 saturated heterocycles. The second-order valence-electron chi connectivity index (χ2n) is 16.5. The summed E-state index contributed by atoms with van der Waals surface area (Å²) in [6, 6.07) is -0.695. The minimum atomic E-state index is -0.782. The Morgan fingerprint density at radius 2 is 0.889 bits per heavy atom. The third-order valence-corrected chi connectivity index (χ3v) is 11.1. The van der Waals surface area contributed by atoms with Gasteiger partial charge in [-0.2, -0.15) is 0 Å². The first-order valence-electron chi connectivity index (χ1n) is 23.9. The number of amides is 1. The largest absolute Gasteiger partial charge is 0.462 e. The van der Waals surface area contributed by atoms with Crippen LogP contribution in [0.5, 0.6) is 0 Å². The van der Waals surface area contributed by atoms with E-state index < -0.39 is 18.2 Å². The molecule has 320 valence electrons. The molecule has 0 aliphatic heterocycles. The first-order valence-corrected chi connectivity index (χ1v) is 23.9. The van der Waals surface area contributed by atoms with Crippen LogP contribution in [0.3, 0.4) is 0 Å². The van der Waals surface area contributed by atoms with Crippen molar-refractivity contribution in [3.63, 3.8) is 0 Å². The summed E-state index contributed by atoms with van der Waals surface area (Å²) in [4.78, 5) is 26.0. The van der Waals surface area contributed by atoms with Gasteiger partial charge < -0.3 is 20.3 Å². The lowest BCUT2D eigenvalue weighted by atomic mass is 10.0. The van der Waals surface area contributed by atoms with Crippen LogP contribution in [0.1, 0.15) is 258 Å². The lowest BCUT2D eigenvalue weighted by Gasteiger charge is -2.24. The number of unbranched alkanes of at least 4 members (excludes halogenated alkanes) is 29. The van der Waals surface area contributed by atoms with Crippen molar-refractivity contribution in [3.8, 4) is 0 Å². The van der Waals surface area contributed by atoms with Gasteiger partial charge in [0.05, 0.1) is 25.2 Å². The Morgan fingerprint density at radius 1 is 0.519 bits per heavy atom. The quantitative estimate of drug-likeness (QED) is 0.0326. The van der Waals surface area contributed by atoms with E-state index in [1.54, 1.807) is 0 Å². The van der Waals surface area contributed by atoms with Gasteiger partial charge >= 0.3 is 5.97 Å². The van der Waals surface area contributed by atoms with E-state index in [9.17, 15) is 19.8 Å². The summed E-state index contributed by atoms with van der Waals surface area (Å²) in [6.45, 7) is 6.46. The van der Waals surface area contributed by atoms with Crippen LogP contribution in [0.15, 0.2) is 12.2 Å². The summed E-state index contributed by atoms with van der Waals surface area (Å²) >= 11 is 0. The van der Waals surface area contributed by atoms with Crippen molar-refractivity contribution < 1.29 is 24.5 Å². The van der Waals surface area contributed by atoms with E-state index >= 15 is 0 Å². The zero-order valence-electron chi connectivity index (χ0n) is 36.4. The highest BCUT2D eigenvalue weighted by Crippen LogP contribution is 2.18. The summed E-state index contributed by atoms with van der Waals surface area (Å²) in [6.07, 6.45) is 45.5. The average Bonchev–Trinajstić information content (AvgIpc) is 3.16. The van der Waals surface area contributed by atoms with Crippen LogP contribution in [-0.2, 0) is 14.3 Å². The molecule has 0 radical (unpaired) electrons. The maximum atomic E-state index is 13.1. The van der Waals surface area contributed by atoms with Crippen molar-refractivity contribution in [2.24, 2.45) is 0 Å². The predicted molar refractivity (Wildman–Crippen MR) is 232 cm³/mol. The van der Waals surface area contributed by atoms with Crippen molar-refractivity contribution in [3.05, 3.63) is 12.2 Å². The van der Waals surface area contributed by atoms with Crippen LogP contribution < -0.4 is 5.32 Å². The number of carbonyl (C=O) groups excluding carboxylic acids is 2. The molecular weight excluding hydrogens is 671 g/mol. The number of hydrogen-bond acceptors (Lipinski definition) is 5. The van der Waals surface area contributed by atoms with Crippen LogP contribution in [0.25, 0.3) is 0 Å². The maximum absolute atomic E-state index is 13.1. The highest BCUT2D eigenvalue weighted by Gasteiger charge is 2.24. The van der Waals surface area contributed by atoms with Gasteiger partial charge in [0.1, 0.15) is 6.10 Å². The molecule has 3 atom stereocenters. The van der Waals surface area contributed by atoms with Gasteiger partial charge in [0, 0.05) is 6.42 Å². The number of allylic oxidation sites excluding steroid dienone is 2. The van der Waals surface area contributed by atoms with Gasteiger partial charge in [-0.25, -0.2) is 0 Å². The van der Waals surface area contributed by atoms with Gasteiger partial charge in [0.15, 0.2) is 0 Å². The van der Waals surface area contributed by atoms with E-state index in [4.69, 9.17) is 4.74 Å². The molecular formula is C48H93NO5. The fraction of sp³-hybridized carbons (Fsp3) is 0.917. The molecule has 0 aromatic carbocycles. The lowest BCUT2D eigenvalue weighted by molar-refractivity contribution is -0.151. The fourth-order valence-electron chi connectivity index (χ4n) is 7.43. The number of carbonyl (C=O) groups is 2. The van der Waals surface area contributed by atoms with Crippen molar-refractivity contribution in [2.45, 2.75) is 277 Å². The van der Waals surface area contributed by atoms with E-state index in [1.165, 1.54) is 154 Å². The Labute approximate surface area is 336 Å². The topological polar surface area (TPSA) is 95.9 Å². The lowest BCUT2D eigenvalue weighted by Crippen LogP contribution is -2.46. The molecule has 3 unspecified atom stereocenters. The Hall–Kier alpha value is -1.40. The van der Waals surface area contributed by atoms with Crippen molar-refractivity contribution in [1.29, 1.82) is 0 Å². The van der Waals surface area contributed by atoms with Gasteiger partial charge in [-0.3, -0.25) is 9.59 Å². The molecule has 0 aromatic rings. The molecule has 0 aliphatic rings. The normalized spacial score (nSPS) is 13.4. The summed E-state index contributed by atoms with van der Waals surface area (Å²) in [5, 5.41) is 23.6. The monoisotopic (exact) mass is 764 g/mol. The van der Waals surface area contributed by atoms with E-state index in [0.717, 1.165) is 57.8 Å². The van der Waals surface area contributed by atoms with Crippen LogP contribution in [0, 0.1) is 0 Å². The molecule has 0 heterocycles. The first-order chi connectivity index (χ1) is 26.5. The third-order valence-electron chi connectivity index (χ3n) is 11.1. The molecule has 0 bridgehead atoms. The first kappa shape index (κ1) is 52.6. The highest BCUT2D eigenvalue weighted by atomic mass is 16.5. The van der Waals surface area contributed by atoms with E-state index in [1.807, 2.05) is 0 Å². The van der Waals surface area contributed by atoms with Gasteiger partial charge in [0.25, 0.3) is 0 Å². The van der Waals surface area contributed by atoms with Gasteiger partial charge in [-0.1, -0.05) is 206 Å². The molecule has 6 heteroatoms. The van der Waals surface area contributed by atoms with Crippen LogP contribution >= 0.6 is 0 Å². The predicted octanol–water partition coefficient (Wildman–Crippen LogP) is 13.8. The molecule has 3 N–H and O–H groups in total. The standard InChI is InChI=1S/C48H93NO5/c1-4-7-10-13-16-19-22-23-24-25-26-27-30-33-36-39-44(54-48(53)41-38-35-32-29-21-18-15-12-9-6-3)42-47(52)49-45(43-50)46(51)40-37-34-31-28-20-17-14-11-8-5-2/h23-24,44-46,50-51H,4-22,25-43H2,1-3H3,(H,49,52)/b24-23+. The zero-order chi connectivity index (χ0) is 39.6. The number of rotatable bonds is 43. The van der Waals surface area contributed by atoms with Gasteiger partial charge in [-0.05, 0) is 51.4 Å². The van der Waals surface area contributed by atoms with Crippen molar-refractivity contribution in [2.75, 3.05) is 6.61 Å². The molecule has 0 aromatic heterocycles. The molecule has 1 amide bonds. The molecule has 0 fully saturated rings. The van der Waals surface area contributed by atoms with Gasteiger partial charge in [0.2, 0.25) is 5.91 Å². The number of ether oxygens (including phenoxy) is 1. The number of esters is 1. The highest BCUT2D eigenvalue weighted by molar-refractivity contribution is 5.77. The summed E-state index contributed by atoms with van der Waals surface area (Å²) in [5.74, 6) is -0.472. The molecule has 0 rings (SSSR count). The number of aliphatic hydroxyl groups is 2. The second-order valence-corrected chi connectivity index (χ2v) is 16.5. The minimum Gasteiger partial charge on any atom is -0.462 e. The summed E-state index contributed by atoms with van der Waals surface area (Å²) < 4.78 is 5.90. The van der Waals surface area contributed by atoms with Crippen molar-refractivity contribution in [1.82, 2.24) is 5.32 Å². The van der Waals surface area contributed by atoms with Crippen LogP contribution in [-0.4, -0.2) is 46.9 Å². The Kier molecular flexibility index (Phi) is 41.6. The number of hydrogen-bond donors (Lipinski definition) is 3. The molecule has 6 nitrogen and oxygen atoms in total. The van der Waals surface area contributed by atoms with Crippen LogP contribution in [0.2, 0.25) is 0 Å². The number of nitrogens with one attached hydrogen (secondary N) is 1. The van der Waals surface area contributed by atoms with E-state index in [2.05, 4.69) is 38.2 Å². The third kappa shape index (κ3) is 37.5. The fourth-order valence-corrected chi connectivity index (χ4v) is 7.43. The minimum absolute atomic E-state index is 0.0780. The Bertz CT molecular complexity index is 817. The smallest absolute Gasteiger partial charge is 0.306 e. The number of aliphatic hydroxyl groups excluding tert-OH is 2. The van der Waals surface area contributed by atoms with Gasteiger partial charge in [-0.15, -0.1) is 0 Å². The SMILES string of the molecule is CCCCCCCC/C=C/CCCCCCCC(CC(=O)NC(CO)C(O)CCCCCCCCCCCC)OC(=O)CCCCCCCCCCCC. The molecule has 54 heavy (non-hydrogen) atoms. The van der Waals surface area contributed by atoms with Crippen molar-refractivity contribution >= 4 is 11.9 Å².